The van der Waals surface area contributed by atoms with E-state index in [1.807, 2.05) is 0 Å². The Morgan fingerprint density at radius 3 is 2.58 bits per heavy atom. The van der Waals surface area contributed by atoms with Gasteiger partial charge in [0.25, 0.3) is 0 Å². The van der Waals surface area contributed by atoms with Crippen molar-refractivity contribution in [1.82, 2.24) is 0 Å². The Hall–Kier alpha value is 0.0200. The SMILES string of the molecule is O=C(Cl)CC1C=CC=CC1(Cl)Cl. The van der Waals surface area contributed by atoms with Crippen molar-refractivity contribution in [3.8, 4) is 0 Å². The van der Waals surface area contributed by atoms with E-state index in [9.17, 15) is 4.79 Å². The van der Waals surface area contributed by atoms with E-state index >= 15 is 0 Å². The minimum Gasteiger partial charge on any atom is -0.281 e. The van der Waals surface area contributed by atoms with Crippen LogP contribution in [0.25, 0.3) is 0 Å². The maximum absolute atomic E-state index is 10.6. The average Bonchev–Trinajstić information content (AvgIpc) is 1.92. The largest absolute Gasteiger partial charge is 0.281 e. The molecule has 0 aromatic heterocycles. The molecule has 12 heavy (non-hydrogen) atoms. The molecule has 0 aromatic rings. The molecule has 1 rings (SSSR count). The molecule has 1 unspecified atom stereocenters. The molecule has 0 saturated carbocycles. The molecule has 1 aliphatic rings. The number of halogens is 3. The van der Waals surface area contributed by atoms with Gasteiger partial charge in [-0.3, -0.25) is 4.79 Å². The fraction of sp³-hybridized carbons (Fsp3) is 0.375. The molecule has 0 spiro atoms. The van der Waals surface area contributed by atoms with Crippen LogP contribution in [0.5, 0.6) is 0 Å². The van der Waals surface area contributed by atoms with Crippen LogP contribution in [-0.4, -0.2) is 9.58 Å². The number of hydrogen-bond donors (Lipinski definition) is 0. The second kappa shape index (κ2) is 3.82. The van der Waals surface area contributed by atoms with E-state index in [4.69, 9.17) is 34.8 Å². The molecular weight excluding hydrogens is 218 g/mol. The maximum Gasteiger partial charge on any atom is 0.222 e. The zero-order valence-corrected chi connectivity index (χ0v) is 8.40. The number of alkyl halides is 2. The first-order valence-corrected chi connectivity index (χ1v) is 4.58. The highest BCUT2D eigenvalue weighted by atomic mass is 35.5. The lowest BCUT2D eigenvalue weighted by Crippen LogP contribution is -2.24. The van der Waals surface area contributed by atoms with Gasteiger partial charge >= 0.3 is 0 Å². The van der Waals surface area contributed by atoms with Crippen LogP contribution < -0.4 is 0 Å². The lowest BCUT2D eigenvalue weighted by atomic mass is 9.97. The van der Waals surface area contributed by atoms with Crippen molar-refractivity contribution in [2.75, 3.05) is 0 Å². The molecule has 0 aliphatic heterocycles. The zero-order valence-electron chi connectivity index (χ0n) is 6.14. The van der Waals surface area contributed by atoms with Crippen molar-refractivity contribution >= 4 is 40.0 Å². The van der Waals surface area contributed by atoms with E-state index in [0.717, 1.165) is 0 Å². The van der Waals surface area contributed by atoms with Gasteiger partial charge < -0.3 is 0 Å². The first-order valence-electron chi connectivity index (χ1n) is 3.44. The predicted molar refractivity (Wildman–Crippen MR) is 51.7 cm³/mol. The molecule has 0 aromatic carbocycles. The van der Waals surface area contributed by atoms with Crippen LogP contribution in [0, 0.1) is 5.92 Å². The molecule has 0 bridgehead atoms. The van der Waals surface area contributed by atoms with E-state index in [0.29, 0.717) is 0 Å². The highest BCUT2D eigenvalue weighted by Crippen LogP contribution is 2.37. The van der Waals surface area contributed by atoms with Gasteiger partial charge in [0.05, 0.1) is 0 Å². The van der Waals surface area contributed by atoms with Crippen molar-refractivity contribution < 1.29 is 4.79 Å². The Bertz CT molecular complexity index is 243. The quantitative estimate of drug-likeness (QED) is 0.521. The molecule has 0 saturated heterocycles. The van der Waals surface area contributed by atoms with E-state index in [1.54, 1.807) is 24.3 Å². The molecule has 4 heteroatoms. The number of carbonyl (C=O) groups is 1. The fourth-order valence-corrected chi connectivity index (χ4v) is 1.62. The van der Waals surface area contributed by atoms with Gasteiger partial charge in [-0.25, -0.2) is 0 Å². The second-order valence-corrected chi connectivity index (χ2v) is 4.45. The lowest BCUT2D eigenvalue weighted by molar-refractivity contribution is -0.112. The summed E-state index contributed by atoms with van der Waals surface area (Å²) in [5.74, 6) is -0.226. The van der Waals surface area contributed by atoms with E-state index < -0.39 is 9.58 Å². The minimum atomic E-state index is -1.00. The summed E-state index contributed by atoms with van der Waals surface area (Å²) in [5.41, 5.74) is 0. The number of rotatable bonds is 2. The van der Waals surface area contributed by atoms with Crippen LogP contribution in [-0.2, 0) is 4.79 Å². The van der Waals surface area contributed by atoms with Crippen LogP contribution >= 0.6 is 34.8 Å². The van der Waals surface area contributed by atoms with Gasteiger partial charge in [-0.1, -0.05) is 41.4 Å². The van der Waals surface area contributed by atoms with Crippen LogP contribution in [0.4, 0.5) is 0 Å². The standard InChI is InChI=1S/C8H7Cl3O/c9-7(12)5-6-3-1-2-4-8(6,10)11/h1-4,6H,5H2. The number of hydrogen-bond acceptors (Lipinski definition) is 1. The van der Waals surface area contributed by atoms with Gasteiger partial charge in [-0.2, -0.15) is 0 Å². The molecule has 0 fully saturated rings. The summed E-state index contributed by atoms with van der Waals surface area (Å²) < 4.78 is -1.00. The molecular formula is C8H7Cl3O. The molecule has 1 aliphatic carbocycles. The summed E-state index contributed by atoms with van der Waals surface area (Å²) in [4.78, 5) is 10.6. The summed E-state index contributed by atoms with van der Waals surface area (Å²) in [5, 5.41) is -0.425. The number of allylic oxidation sites excluding steroid dienone is 4. The summed E-state index contributed by atoms with van der Waals surface area (Å²) in [7, 11) is 0. The van der Waals surface area contributed by atoms with E-state index in [-0.39, 0.29) is 12.3 Å². The van der Waals surface area contributed by atoms with Crippen molar-refractivity contribution in [1.29, 1.82) is 0 Å². The lowest BCUT2D eigenvalue weighted by Gasteiger charge is -2.25. The molecule has 1 nitrogen and oxygen atoms in total. The summed E-state index contributed by atoms with van der Waals surface area (Å²) in [6, 6.07) is 0. The highest BCUT2D eigenvalue weighted by molar-refractivity contribution is 6.63. The average molecular weight is 226 g/mol. The van der Waals surface area contributed by atoms with E-state index in [2.05, 4.69) is 0 Å². The van der Waals surface area contributed by atoms with Gasteiger partial charge in [0.2, 0.25) is 5.24 Å². The van der Waals surface area contributed by atoms with Gasteiger partial charge in [0.1, 0.15) is 4.33 Å². The molecule has 0 amide bonds. The van der Waals surface area contributed by atoms with Crippen LogP contribution in [0.1, 0.15) is 6.42 Å². The van der Waals surface area contributed by atoms with Crippen molar-refractivity contribution in [3.05, 3.63) is 24.3 Å². The summed E-state index contributed by atoms with van der Waals surface area (Å²) >= 11 is 17.0. The third-order valence-electron chi connectivity index (χ3n) is 1.65. The minimum absolute atomic E-state index is 0.162. The molecule has 0 radical (unpaired) electrons. The summed E-state index contributed by atoms with van der Waals surface area (Å²) in [6.07, 6.45) is 7.12. The normalized spacial score (nSPS) is 25.8. The van der Waals surface area contributed by atoms with Gasteiger partial charge in [-0.05, 0) is 17.7 Å². The van der Waals surface area contributed by atoms with Gasteiger partial charge in [0.15, 0.2) is 0 Å². The fourth-order valence-electron chi connectivity index (χ4n) is 1.01. The van der Waals surface area contributed by atoms with Crippen molar-refractivity contribution in [2.45, 2.75) is 10.8 Å². The van der Waals surface area contributed by atoms with Crippen LogP contribution in [0.15, 0.2) is 24.3 Å². The topological polar surface area (TPSA) is 17.1 Å². The van der Waals surface area contributed by atoms with Crippen LogP contribution in [0.2, 0.25) is 0 Å². The smallest absolute Gasteiger partial charge is 0.222 e. The molecule has 0 N–H and O–H groups in total. The highest BCUT2D eigenvalue weighted by Gasteiger charge is 2.32. The Balaban J connectivity index is 2.70. The Kier molecular flexibility index (Phi) is 3.22. The van der Waals surface area contributed by atoms with Crippen molar-refractivity contribution in [2.24, 2.45) is 5.92 Å². The molecule has 1 atom stereocenters. The van der Waals surface area contributed by atoms with Crippen molar-refractivity contribution in [3.63, 3.8) is 0 Å². The number of carbonyl (C=O) groups excluding carboxylic acids is 1. The second-order valence-electron chi connectivity index (χ2n) is 2.58. The monoisotopic (exact) mass is 224 g/mol. The van der Waals surface area contributed by atoms with E-state index in [1.165, 1.54) is 0 Å². The molecule has 66 valence electrons. The van der Waals surface area contributed by atoms with Crippen LogP contribution in [0.3, 0.4) is 0 Å². The first-order chi connectivity index (χ1) is 5.52. The Morgan fingerprint density at radius 1 is 1.42 bits per heavy atom. The molecule has 0 heterocycles. The summed E-state index contributed by atoms with van der Waals surface area (Å²) in [6.45, 7) is 0. The predicted octanol–water partition coefficient (Wildman–Crippen LogP) is 3.06. The third kappa shape index (κ3) is 2.51. The van der Waals surface area contributed by atoms with Gasteiger partial charge in [0, 0.05) is 12.3 Å². The Morgan fingerprint density at radius 2 is 2.08 bits per heavy atom. The maximum atomic E-state index is 10.6. The Labute approximate surface area is 86.0 Å². The third-order valence-corrected chi connectivity index (χ3v) is 2.61. The first kappa shape index (κ1) is 10.1. The van der Waals surface area contributed by atoms with Gasteiger partial charge in [-0.15, -0.1) is 0 Å². The zero-order chi connectivity index (χ0) is 9.19.